The summed E-state index contributed by atoms with van der Waals surface area (Å²) in [6.07, 6.45) is 11.8. The highest BCUT2D eigenvalue weighted by atomic mass is 35.5. The third kappa shape index (κ3) is 7.75. The van der Waals surface area contributed by atoms with Crippen molar-refractivity contribution in [3.8, 4) is 5.75 Å². The number of rotatable bonds is 9. The average molecular weight is 437 g/mol. The van der Waals surface area contributed by atoms with Gasteiger partial charge in [-0.15, -0.1) is 0 Å². The number of unbranched alkanes of at least 4 members (excludes halogenated alkanes) is 2. The maximum atomic E-state index is 12.4. The summed E-state index contributed by atoms with van der Waals surface area (Å²) < 4.78 is 11.6. The van der Waals surface area contributed by atoms with Crippen LogP contribution in [0.5, 0.6) is 5.75 Å². The maximum absolute atomic E-state index is 12.4. The summed E-state index contributed by atoms with van der Waals surface area (Å²) in [7, 11) is 1.83. The number of amides is 1. The predicted octanol–water partition coefficient (Wildman–Crippen LogP) is 5.75. The molecule has 30 heavy (non-hydrogen) atoms. The molecule has 6 heteroatoms. The molecule has 0 atom stereocenters. The largest absolute Gasteiger partial charge is 0.415 e. The van der Waals surface area contributed by atoms with Gasteiger partial charge in [-0.2, -0.15) is 0 Å². The molecule has 168 valence electrons. The highest BCUT2D eigenvalue weighted by molar-refractivity contribution is 6.30. The number of carbonyl (C=O) groups is 1. The van der Waals surface area contributed by atoms with Gasteiger partial charge in [0.25, 0.3) is 0 Å². The summed E-state index contributed by atoms with van der Waals surface area (Å²) in [5, 5.41) is 0.628. The van der Waals surface area contributed by atoms with Gasteiger partial charge in [0.05, 0.1) is 6.10 Å². The van der Waals surface area contributed by atoms with E-state index in [9.17, 15) is 4.79 Å². The Kier molecular flexibility index (Phi) is 9.76. The highest BCUT2D eigenvalue weighted by Crippen LogP contribution is 2.26. The van der Waals surface area contributed by atoms with Crippen molar-refractivity contribution in [2.45, 2.75) is 76.4 Å². The second-order valence-corrected chi connectivity index (χ2v) is 9.13. The summed E-state index contributed by atoms with van der Waals surface area (Å²) >= 11 is 5.87. The minimum atomic E-state index is -0.310. The van der Waals surface area contributed by atoms with Crippen LogP contribution >= 0.6 is 11.6 Å². The van der Waals surface area contributed by atoms with Crippen LogP contribution in [0, 0.1) is 0 Å². The van der Waals surface area contributed by atoms with E-state index in [1.807, 2.05) is 7.05 Å². The van der Waals surface area contributed by atoms with Crippen molar-refractivity contribution in [3.63, 3.8) is 0 Å². The number of ether oxygens (including phenoxy) is 2. The zero-order valence-electron chi connectivity index (χ0n) is 18.4. The Balaban J connectivity index is 1.25. The fourth-order valence-electron chi connectivity index (χ4n) is 4.47. The molecule has 1 saturated carbocycles. The van der Waals surface area contributed by atoms with Crippen molar-refractivity contribution >= 4 is 17.7 Å². The Morgan fingerprint density at radius 2 is 1.73 bits per heavy atom. The van der Waals surface area contributed by atoms with Gasteiger partial charge in [0, 0.05) is 24.7 Å². The van der Waals surface area contributed by atoms with Gasteiger partial charge in [-0.1, -0.05) is 18.0 Å². The number of hydrogen-bond donors (Lipinski definition) is 0. The molecule has 1 aliphatic heterocycles. The van der Waals surface area contributed by atoms with Gasteiger partial charge in [-0.3, -0.25) is 0 Å². The minimum Gasteiger partial charge on any atom is -0.410 e. The van der Waals surface area contributed by atoms with Gasteiger partial charge >= 0.3 is 6.09 Å². The molecule has 3 rings (SSSR count). The van der Waals surface area contributed by atoms with Gasteiger partial charge < -0.3 is 19.3 Å². The van der Waals surface area contributed by atoms with E-state index >= 15 is 0 Å². The fraction of sp³-hybridized carbons (Fsp3) is 0.708. The van der Waals surface area contributed by atoms with Crippen molar-refractivity contribution < 1.29 is 14.3 Å². The number of carbonyl (C=O) groups excluding carboxylic acids is 1. The second-order valence-electron chi connectivity index (χ2n) is 8.70. The first-order valence-corrected chi connectivity index (χ1v) is 12.0. The van der Waals surface area contributed by atoms with Crippen LogP contribution < -0.4 is 4.74 Å². The van der Waals surface area contributed by atoms with Crippen molar-refractivity contribution in [1.82, 2.24) is 9.80 Å². The molecule has 0 spiro atoms. The lowest BCUT2D eigenvalue weighted by Gasteiger charge is -2.34. The molecule has 0 radical (unpaired) electrons. The van der Waals surface area contributed by atoms with E-state index in [1.54, 1.807) is 29.2 Å². The van der Waals surface area contributed by atoms with E-state index in [1.165, 1.54) is 51.7 Å². The molecule has 1 saturated heterocycles. The third-order valence-electron chi connectivity index (χ3n) is 6.42. The summed E-state index contributed by atoms with van der Waals surface area (Å²) in [5.74, 6) is 0.522. The van der Waals surface area contributed by atoms with Crippen LogP contribution in [0.4, 0.5) is 4.79 Å². The average Bonchev–Trinajstić information content (AvgIpc) is 2.78. The molecule has 2 aliphatic rings. The topological polar surface area (TPSA) is 42.0 Å². The molecular formula is C24H37ClN2O3. The van der Waals surface area contributed by atoms with Gasteiger partial charge in [0.1, 0.15) is 5.75 Å². The number of nitrogens with zero attached hydrogens (tertiary/aromatic N) is 2. The smallest absolute Gasteiger partial charge is 0.410 e. The fourth-order valence-corrected chi connectivity index (χ4v) is 4.60. The molecule has 1 aromatic carbocycles. The number of likely N-dealkylation sites (tertiary alicyclic amines) is 1. The molecule has 1 heterocycles. The Hall–Kier alpha value is -1.30. The lowest BCUT2D eigenvalue weighted by Crippen LogP contribution is -2.42. The molecule has 1 amide bonds. The molecule has 0 N–H and O–H groups in total. The normalized spacial score (nSPS) is 22.6. The van der Waals surface area contributed by atoms with Crippen LogP contribution in [0.3, 0.4) is 0 Å². The zero-order valence-corrected chi connectivity index (χ0v) is 19.1. The van der Waals surface area contributed by atoms with Crippen LogP contribution in [-0.4, -0.2) is 61.3 Å². The Morgan fingerprint density at radius 3 is 2.43 bits per heavy atom. The first-order valence-electron chi connectivity index (χ1n) is 11.7. The number of hydrogen-bond acceptors (Lipinski definition) is 4. The molecule has 1 aromatic rings. The van der Waals surface area contributed by atoms with Crippen LogP contribution in [-0.2, 0) is 4.74 Å². The van der Waals surface area contributed by atoms with Gasteiger partial charge in [-0.25, -0.2) is 4.79 Å². The van der Waals surface area contributed by atoms with Crippen molar-refractivity contribution in [3.05, 3.63) is 29.3 Å². The third-order valence-corrected chi connectivity index (χ3v) is 6.67. The zero-order chi connectivity index (χ0) is 21.2. The highest BCUT2D eigenvalue weighted by Gasteiger charge is 2.27. The Labute approximate surface area is 186 Å². The monoisotopic (exact) mass is 436 g/mol. The van der Waals surface area contributed by atoms with Gasteiger partial charge in [0.2, 0.25) is 0 Å². The number of halogens is 1. The van der Waals surface area contributed by atoms with Crippen LogP contribution in [0.2, 0.25) is 5.02 Å². The van der Waals surface area contributed by atoms with E-state index in [-0.39, 0.29) is 12.1 Å². The van der Waals surface area contributed by atoms with E-state index in [0.717, 1.165) is 38.7 Å². The summed E-state index contributed by atoms with van der Waals surface area (Å²) in [4.78, 5) is 16.7. The molecule has 0 unspecified atom stereocenters. The van der Waals surface area contributed by atoms with Gasteiger partial charge in [0.15, 0.2) is 0 Å². The first-order chi connectivity index (χ1) is 14.6. The van der Waals surface area contributed by atoms with Crippen molar-refractivity contribution in [2.75, 3.05) is 33.3 Å². The molecule has 0 aromatic heterocycles. The maximum Gasteiger partial charge on any atom is 0.415 e. The molecule has 0 bridgehead atoms. The molecule has 2 fully saturated rings. The predicted molar refractivity (Wildman–Crippen MR) is 121 cm³/mol. The van der Waals surface area contributed by atoms with E-state index in [0.29, 0.717) is 16.9 Å². The standard InChI is InChI=1S/C24H37ClN2O3/c1-26(24(28)30-23-12-8-20(25)9-13-23)21-10-14-22(15-11-21)29-19-7-3-6-18-27-16-4-2-5-17-27/h8-9,12-13,21-22H,2-7,10-11,14-19H2,1H3/t21-,22-. The van der Waals surface area contributed by atoms with E-state index < -0.39 is 0 Å². The van der Waals surface area contributed by atoms with E-state index in [2.05, 4.69) is 4.90 Å². The molecule has 1 aliphatic carbocycles. The Morgan fingerprint density at radius 1 is 1.03 bits per heavy atom. The van der Waals surface area contributed by atoms with Crippen molar-refractivity contribution in [2.24, 2.45) is 0 Å². The first kappa shape index (κ1) is 23.4. The summed E-state index contributed by atoms with van der Waals surface area (Å²) in [6.45, 7) is 4.70. The number of benzene rings is 1. The summed E-state index contributed by atoms with van der Waals surface area (Å²) in [6, 6.07) is 7.09. The minimum absolute atomic E-state index is 0.217. The van der Waals surface area contributed by atoms with Crippen LogP contribution in [0.15, 0.2) is 24.3 Å². The molecular weight excluding hydrogens is 400 g/mol. The van der Waals surface area contributed by atoms with Crippen LogP contribution in [0.1, 0.15) is 64.2 Å². The van der Waals surface area contributed by atoms with Crippen LogP contribution in [0.25, 0.3) is 0 Å². The van der Waals surface area contributed by atoms with Gasteiger partial charge in [-0.05, 0) is 102 Å². The van der Waals surface area contributed by atoms with E-state index in [4.69, 9.17) is 21.1 Å². The quantitative estimate of drug-likeness (QED) is 0.462. The Bertz CT molecular complexity index is 626. The lowest BCUT2D eigenvalue weighted by atomic mass is 9.92. The SMILES string of the molecule is CN(C(=O)Oc1ccc(Cl)cc1)[C@H]1CC[C@H](OCCCCCN2CCCCC2)CC1. The second kappa shape index (κ2) is 12.5. The molecule has 5 nitrogen and oxygen atoms in total. The lowest BCUT2D eigenvalue weighted by molar-refractivity contribution is 0.0103. The summed E-state index contributed by atoms with van der Waals surface area (Å²) in [5.41, 5.74) is 0. The van der Waals surface area contributed by atoms with Crippen molar-refractivity contribution in [1.29, 1.82) is 0 Å². The number of piperidine rings is 1.